The van der Waals surface area contributed by atoms with Crippen LogP contribution in [0, 0.1) is 12.7 Å². The van der Waals surface area contributed by atoms with Crippen molar-refractivity contribution in [2.24, 2.45) is 0 Å². The minimum absolute atomic E-state index is 0.241. The van der Waals surface area contributed by atoms with E-state index in [-0.39, 0.29) is 11.6 Å². The van der Waals surface area contributed by atoms with Crippen LogP contribution in [0.2, 0.25) is 0 Å². The minimum atomic E-state index is -0.382. The highest BCUT2D eigenvalue weighted by Crippen LogP contribution is 2.39. The van der Waals surface area contributed by atoms with E-state index >= 15 is 0 Å². The normalized spacial score (nSPS) is 10.9. The number of aryl methyl sites for hydroxylation is 1. The van der Waals surface area contributed by atoms with Crippen LogP contribution in [0.25, 0.3) is 22.6 Å². The average molecular weight is 410 g/mol. The predicted molar refractivity (Wildman–Crippen MR) is 89.7 cm³/mol. The summed E-state index contributed by atoms with van der Waals surface area (Å²) < 4.78 is 21.5. The standard InChI is InChI=1S/C17H11Br2FO/c1-10-2-4-11(5-3-10)16-14(19)15(20)17(21-16)12-6-8-13(18)9-7-12/h2-9H,1H3. The molecule has 4 heteroatoms. The molecule has 0 unspecified atom stereocenters. The smallest absolute Gasteiger partial charge is 0.184 e. The Hall–Kier alpha value is -1.39. The van der Waals surface area contributed by atoms with Gasteiger partial charge in [-0.2, -0.15) is 0 Å². The van der Waals surface area contributed by atoms with Crippen LogP contribution in [-0.2, 0) is 0 Å². The largest absolute Gasteiger partial charge is 0.452 e. The van der Waals surface area contributed by atoms with Crippen LogP contribution >= 0.6 is 31.9 Å². The van der Waals surface area contributed by atoms with Gasteiger partial charge < -0.3 is 4.42 Å². The summed E-state index contributed by atoms with van der Waals surface area (Å²) in [6, 6.07) is 15.1. The molecule has 0 radical (unpaired) electrons. The van der Waals surface area contributed by atoms with Gasteiger partial charge in [-0.05, 0) is 35.0 Å². The van der Waals surface area contributed by atoms with Crippen LogP contribution in [-0.4, -0.2) is 0 Å². The molecule has 1 nitrogen and oxygen atoms in total. The first-order valence-corrected chi connectivity index (χ1v) is 7.95. The van der Waals surface area contributed by atoms with E-state index in [1.165, 1.54) is 0 Å². The quantitative estimate of drug-likeness (QED) is 0.465. The highest BCUT2D eigenvalue weighted by Gasteiger charge is 2.20. The van der Waals surface area contributed by atoms with Gasteiger partial charge in [0.2, 0.25) is 0 Å². The van der Waals surface area contributed by atoms with Crippen LogP contribution in [0.3, 0.4) is 0 Å². The van der Waals surface area contributed by atoms with Gasteiger partial charge >= 0.3 is 0 Å². The second kappa shape index (κ2) is 5.78. The van der Waals surface area contributed by atoms with E-state index in [2.05, 4.69) is 31.9 Å². The van der Waals surface area contributed by atoms with Crippen molar-refractivity contribution in [3.63, 3.8) is 0 Å². The van der Waals surface area contributed by atoms with E-state index in [4.69, 9.17) is 4.42 Å². The fourth-order valence-corrected chi connectivity index (χ4v) is 2.82. The summed E-state index contributed by atoms with van der Waals surface area (Å²) in [7, 11) is 0. The molecule has 3 aromatic rings. The third-order valence-electron chi connectivity index (χ3n) is 3.22. The van der Waals surface area contributed by atoms with Crippen LogP contribution in [0.15, 0.2) is 61.9 Å². The predicted octanol–water partition coefficient (Wildman–Crippen LogP) is 6.59. The van der Waals surface area contributed by atoms with Crippen molar-refractivity contribution < 1.29 is 8.81 Å². The lowest BCUT2D eigenvalue weighted by Gasteiger charge is -1.99. The molecular formula is C17H11Br2FO. The Kier molecular flexibility index (Phi) is 4.00. The highest BCUT2D eigenvalue weighted by molar-refractivity contribution is 9.10. The van der Waals surface area contributed by atoms with E-state index in [0.29, 0.717) is 15.8 Å². The topological polar surface area (TPSA) is 13.1 Å². The monoisotopic (exact) mass is 408 g/mol. The summed E-state index contributed by atoms with van der Waals surface area (Å²) in [4.78, 5) is 0. The summed E-state index contributed by atoms with van der Waals surface area (Å²) >= 11 is 6.66. The molecule has 0 spiro atoms. The van der Waals surface area contributed by atoms with Gasteiger partial charge in [-0.1, -0.05) is 57.9 Å². The van der Waals surface area contributed by atoms with E-state index in [1.807, 2.05) is 55.5 Å². The van der Waals surface area contributed by atoms with Gasteiger partial charge in [-0.25, -0.2) is 4.39 Å². The molecule has 0 aliphatic carbocycles. The molecule has 0 saturated carbocycles. The molecule has 0 fully saturated rings. The van der Waals surface area contributed by atoms with Crippen molar-refractivity contribution in [3.05, 3.63) is 68.9 Å². The molecule has 0 aliphatic heterocycles. The number of furan rings is 1. The Bertz CT molecular complexity index is 708. The summed E-state index contributed by atoms with van der Waals surface area (Å²) in [5.41, 5.74) is 2.69. The molecule has 1 aromatic heterocycles. The first-order valence-electron chi connectivity index (χ1n) is 6.37. The maximum Gasteiger partial charge on any atom is 0.184 e. The van der Waals surface area contributed by atoms with Gasteiger partial charge in [0, 0.05) is 15.6 Å². The highest BCUT2D eigenvalue weighted by atomic mass is 79.9. The number of hydrogen-bond donors (Lipinski definition) is 0. The SMILES string of the molecule is Cc1ccc(-c2oc(-c3ccc(Br)cc3)c(F)c2Br)cc1. The van der Waals surface area contributed by atoms with Gasteiger partial charge in [0.1, 0.15) is 4.47 Å². The zero-order chi connectivity index (χ0) is 15.0. The molecule has 3 rings (SSSR count). The van der Waals surface area contributed by atoms with Crippen LogP contribution in [0.1, 0.15) is 5.56 Å². The maximum absolute atomic E-state index is 14.4. The maximum atomic E-state index is 14.4. The van der Waals surface area contributed by atoms with Crippen molar-refractivity contribution in [2.45, 2.75) is 6.92 Å². The molecule has 106 valence electrons. The fraction of sp³-hybridized carbons (Fsp3) is 0.0588. The molecule has 0 saturated heterocycles. The third kappa shape index (κ3) is 2.83. The van der Waals surface area contributed by atoms with Crippen molar-refractivity contribution in [3.8, 4) is 22.6 Å². The Balaban J connectivity index is 2.11. The van der Waals surface area contributed by atoms with E-state index in [9.17, 15) is 4.39 Å². The molecule has 0 aliphatic rings. The summed E-state index contributed by atoms with van der Waals surface area (Å²) in [5.74, 6) is 0.364. The molecule has 1 heterocycles. The number of halogens is 3. The minimum Gasteiger partial charge on any atom is -0.452 e. The van der Waals surface area contributed by atoms with Gasteiger partial charge in [-0.15, -0.1) is 0 Å². The van der Waals surface area contributed by atoms with Crippen LogP contribution in [0.5, 0.6) is 0 Å². The van der Waals surface area contributed by atoms with E-state index < -0.39 is 0 Å². The third-order valence-corrected chi connectivity index (χ3v) is 4.45. The van der Waals surface area contributed by atoms with Gasteiger partial charge in [0.25, 0.3) is 0 Å². The average Bonchev–Trinajstić information content (AvgIpc) is 2.78. The lowest BCUT2D eigenvalue weighted by molar-refractivity contribution is 0.557. The number of benzene rings is 2. The van der Waals surface area contributed by atoms with Gasteiger partial charge in [-0.3, -0.25) is 0 Å². The fourth-order valence-electron chi connectivity index (χ4n) is 2.07. The first-order chi connectivity index (χ1) is 10.1. The van der Waals surface area contributed by atoms with Crippen molar-refractivity contribution in [1.29, 1.82) is 0 Å². The van der Waals surface area contributed by atoms with Gasteiger partial charge in [0.05, 0.1) is 0 Å². The molecule has 0 N–H and O–H groups in total. The first kappa shape index (κ1) is 14.5. The lowest BCUT2D eigenvalue weighted by atomic mass is 10.1. The molecule has 0 bridgehead atoms. The van der Waals surface area contributed by atoms with Crippen molar-refractivity contribution in [2.75, 3.05) is 0 Å². The second-order valence-corrected chi connectivity index (χ2v) is 6.47. The van der Waals surface area contributed by atoms with E-state index in [1.54, 1.807) is 0 Å². The number of hydrogen-bond acceptors (Lipinski definition) is 1. The van der Waals surface area contributed by atoms with Crippen molar-refractivity contribution in [1.82, 2.24) is 0 Å². The lowest BCUT2D eigenvalue weighted by Crippen LogP contribution is -1.78. The Morgan fingerprint density at radius 2 is 1.33 bits per heavy atom. The van der Waals surface area contributed by atoms with Crippen LogP contribution in [0.4, 0.5) is 4.39 Å². The molecular weight excluding hydrogens is 399 g/mol. The molecule has 21 heavy (non-hydrogen) atoms. The Morgan fingerprint density at radius 1 is 0.810 bits per heavy atom. The number of rotatable bonds is 2. The second-order valence-electron chi connectivity index (χ2n) is 4.76. The molecule has 0 atom stereocenters. The van der Waals surface area contributed by atoms with Gasteiger partial charge in [0.15, 0.2) is 17.3 Å². The van der Waals surface area contributed by atoms with E-state index in [0.717, 1.165) is 15.6 Å². The molecule has 0 amide bonds. The zero-order valence-electron chi connectivity index (χ0n) is 11.2. The summed E-state index contributed by atoms with van der Waals surface area (Å²) in [6.45, 7) is 2.01. The van der Waals surface area contributed by atoms with Crippen molar-refractivity contribution >= 4 is 31.9 Å². The van der Waals surface area contributed by atoms with Crippen LogP contribution < -0.4 is 0 Å². The Morgan fingerprint density at radius 3 is 1.95 bits per heavy atom. The Labute approximate surface area is 139 Å². The molecule has 2 aromatic carbocycles. The zero-order valence-corrected chi connectivity index (χ0v) is 14.3. The summed E-state index contributed by atoms with van der Waals surface area (Å²) in [6.07, 6.45) is 0. The summed E-state index contributed by atoms with van der Waals surface area (Å²) in [5, 5.41) is 0.